The van der Waals surface area contributed by atoms with Crippen molar-refractivity contribution >= 4 is 5.97 Å². The minimum Gasteiger partial charge on any atom is -0.469 e. The summed E-state index contributed by atoms with van der Waals surface area (Å²) in [4.78, 5) is 13.3. The summed E-state index contributed by atoms with van der Waals surface area (Å²) in [6.45, 7) is 17.2. The lowest BCUT2D eigenvalue weighted by atomic mass is 9.33. The number of aliphatic hydroxyl groups excluding tert-OH is 1. The third-order valence-electron chi connectivity index (χ3n) is 13.2. The van der Waals surface area contributed by atoms with Gasteiger partial charge in [-0.15, -0.1) is 0 Å². The van der Waals surface area contributed by atoms with Gasteiger partial charge in [0.1, 0.15) is 0 Å². The summed E-state index contributed by atoms with van der Waals surface area (Å²) in [7, 11) is 1.59. The lowest BCUT2D eigenvalue weighted by Crippen LogP contribution is -2.65. The summed E-state index contributed by atoms with van der Waals surface area (Å²) < 4.78 is 5.49. The molecule has 5 aliphatic rings. The van der Waals surface area contributed by atoms with E-state index in [2.05, 4.69) is 54.5 Å². The van der Waals surface area contributed by atoms with Gasteiger partial charge in [0.25, 0.3) is 0 Å². The van der Waals surface area contributed by atoms with Crippen molar-refractivity contribution in [3.63, 3.8) is 0 Å². The fraction of sp³-hybridized carbons (Fsp3) is 0.903. The van der Waals surface area contributed by atoms with Crippen LogP contribution in [0.4, 0.5) is 0 Å². The monoisotopic (exact) mass is 470 g/mol. The summed E-state index contributed by atoms with van der Waals surface area (Å²) in [5.74, 6) is 1.57. The fourth-order valence-corrected chi connectivity index (χ4v) is 10.8. The minimum absolute atomic E-state index is 0.0147. The second-order valence-electron chi connectivity index (χ2n) is 15.2. The predicted octanol–water partition coefficient (Wildman–Crippen LogP) is 7.32. The molecule has 5 rings (SSSR count). The third kappa shape index (κ3) is 2.94. The molecule has 1 N–H and O–H groups in total. The molecule has 8 atom stereocenters. The minimum atomic E-state index is -0.323. The first-order valence-corrected chi connectivity index (χ1v) is 14.2. The van der Waals surface area contributed by atoms with E-state index in [1.54, 1.807) is 12.7 Å². The Morgan fingerprint density at radius 1 is 0.912 bits per heavy atom. The molecule has 192 valence electrons. The summed E-state index contributed by atoms with van der Waals surface area (Å²) in [5.41, 5.74) is 2.18. The molecular formula is C31H50O3. The van der Waals surface area contributed by atoms with Crippen molar-refractivity contribution in [2.24, 2.45) is 50.2 Å². The Kier molecular flexibility index (Phi) is 5.38. The Balaban J connectivity index is 1.60. The maximum Gasteiger partial charge on any atom is 0.312 e. The Labute approximate surface area is 208 Å². The molecule has 0 amide bonds. The number of carbonyl (C=O) groups is 1. The highest BCUT2D eigenvalue weighted by Gasteiger charge is 2.69. The summed E-state index contributed by atoms with van der Waals surface area (Å²) in [5, 5.41) is 10.9. The highest BCUT2D eigenvalue weighted by molar-refractivity contribution is 5.78. The summed E-state index contributed by atoms with van der Waals surface area (Å²) in [6, 6.07) is 0. The summed E-state index contributed by atoms with van der Waals surface area (Å²) >= 11 is 0. The quantitative estimate of drug-likeness (QED) is 0.322. The lowest BCUT2D eigenvalue weighted by molar-refractivity contribution is -0.206. The summed E-state index contributed by atoms with van der Waals surface area (Å²) in [6.07, 6.45) is 13.4. The van der Waals surface area contributed by atoms with Gasteiger partial charge in [0.05, 0.1) is 18.6 Å². The van der Waals surface area contributed by atoms with Gasteiger partial charge < -0.3 is 9.84 Å². The molecular weight excluding hydrogens is 420 g/mol. The van der Waals surface area contributed by atoms with Crippen LogP contribution in [0.15, 0.2) is 11.6 Å². The SMILES string of the molecule is COC(=O)[C@@]12CCC(C)(C)C[C@H]1C1=CC[C@H]3[C@@]4(C)CC[C@H](O)C(C)(C)[C@@H]4CC[C@@]3(C)[C@]1(C)CC2. The van der Waals surface area contributed by atoms with Crippen molar-refractivity contribution in [2.75, 3.05) is 7.11 Å². The normalized spacial score (nSPS) is 51.1. The first kappa shape index (κ1) is 24.8. The van der Waals surface area contributed by atoms with E-state index in [1.165, 1.54) is 12.8 Å². The molecule has 4 saturated carbocycles. The zero-order valence-corrected chi connectivity index (χ0v) is 23.2. The van der Waals surface area contributed by atoms with Gasteiger partial charge in [-0.3, -0.25) is 4.79 Å². The van der Waals surface area contributed by atoms with Gasteiger partial charge in [-0.25, -0.2) is 0 Å². The fourth-order valence-electron chi connectivity index (χ4n) is 10.8. The second kappa shape index (κ2) is 7.36. The van der Waals surface area contributed by atoms with Crippen LogP contribution in [0.5, 0.6) is 0 Å². The van der Waals surface area contributed by atoms with E-state index >= 15 is 0 Å². The predicted molar refractivity (Wildman–Crippen MR) is 137 cm³/mol. The number of esters is 1. The smallest absolute Gasteiger partial charge is 0.312 e. The maximum absolute atomic E-state index is 13.3. The molecule has 0 heterocycles. The van der Waals surface area contributed by atoms with Crippen molar-refractivity contribution in [3.05, 3.63) is 11.6 Å². The Hall–Kier alpha value is -0.830. The van der Waals surface area contributed by atoms with E-state index in [-0.39, 0.29) is 44.6 Å². The van der Waals surface area contributed by atoms with Crippen molar-refractivity contribution < 1.29 is 14.6 Å². The van der Waals surface area contributed by atoms with Gasteiger partial charge in [0, 0.05) is 0 Å². The van der Waals surface area contributed by atoms with E-state index in [1.807, 2.05) is 0 Å². The van der Waals surface area contributed by atoms with E-state index in [0.717, 1.165) is 51.4 Å². The zero-order chi connectivity index (χ0) is 24.9. The van der Waals surface area contributed by atoms with E-state index < -0.39 is 0 Å². The topological polar surface area (TPSA) is 46.5 Å². The second-order valence-corrected chi connectivity index (χ2v) is 15.2. The number of rotatable bonds is 1. The van der Waals surface area contributed by atoms with E-state index in [9.17, 15) is 9.90 Å². The number of fused-ring (bicyclic) bond motifs is 7. The molecule has 0 aromatic heterocycles. The van der Waals surface area contributed by atoms with Gasteiger partial charge in [0.15, 0.2) is 0 Å². The van der Waals surface area contributed by atoms with Crippen LogP contribution in [0.3, 0.4) is 0 Å². The van der Waals surface area contributed by atoms with Gasteiger partial charge in [0.2, 0.25) is 0 Å². The van der Waals surface area contributed by atoms with Crippen molar-refractivity contribution in [1.29, 1.82) is 0 Å². The largest absolute Gasteiger partial charge is 0.469 e. The highest BCUT2D eigenvalue weighted by atomic mass is 16.5. The van der Waals surface area contributed by atoms with Crippen LogP contribution in [0, 0.1) is 50.2 Å². The molecule has 0 aliphatic heterocycles. The number of allylic oxidation sites excluding steroid dienone is 2. The van der Waals surface area contributed by atoms with E-state index in [4.69, 9.17) is 4.74 Å². The molecule has 4 fully saturated rings. The molecule has 0 radical (unpaired) electrons. The number of ether oxygens (including phenoxy) is 1. The number of methoxy groups -OCH3 is 1. The Morgan fingerprint density at radius 3 is 2.26 bits per heavy atom. The molecule has 0 unspecified atom stereocenters. The van der Waals surface area contributed by atoms with Crippen LogP contribution in [-0.4, -0.2) is 24.3 Å². The van der Waals surface area contributed by atoms with Gasteiger partial charge in [-0.1, -0.05) is 60.1 Å². The van der Waals surface area contributed by atoms with Crippen molar-refractivity contribution in [1.82, 2.24) is 0 Å². The van der Waals surface area contributed by atoms with Gasteiger partial charge in [-0.2, -0.15) is 0 Å². The third-order valence-corrected chi connectivity index (χ3v) is 13.2. The average Bonchev–Trinajstić information content (AvgIpc) is 2.76. The van der Waals surface area contributed by atoms with Crippen LogP contribution in [0.1, 0.15) is 113 Å². The van der Waals surface area contributed by atoms with E-state index in [0.29, 0.717) is 17.8 Å². The highest BCUT2D eigenvalue weighted by Crippen LogP contribution is 2.75. The zero-order valence-electron chi connectivity index (χ0n) is 23.2. The van der Waals surface area contributed by atoms with Gasteiger partial charge >= 0.3 is 5.97 Å². The number of carbonyl (C=O) groups excluding carboxylic acids is 1. The first-order valence-electron chi connectivity index (χ1n) is 14.2. The molecule has 0 aromatic carbocycles. The molecule has 0 spiro atoms. The molecule has 3 nitrogen and oxygen atoms in total. The van der Waals surface area contributed by atoms with Crippen LogP contribution in [-0.2, 0) is 9.53 Å². The lowest BCUT2D eigenvalue weighted by Gasteiger charge is -2.71. The maximum atomic E-state index is 13.3. The number of hydrogen-bond donors (Lipinski definition) is 1. The molecule has 0 saturated heterocycles. The van der Waals surface area contributed by atoms with Crippen LogP contribution < -0.4 is 0 Å². The van der Waals surface area contributed by atoms with Crippen LogP contribution in [0.25, 0.3) is 0 Å². The van der Waals surface area contributed by atoms with Crippen molar-refractivity contribution in [3.8, 4) is 0 Å². The Bertz CT molecular complexity index is 900. The standard InChI is InChI=1S/C31H50O3/c1-26(2)15-17-31(25(33)34-8)18-16-29(6)20(21(31)19-26)9-10-23-28(5)13-12-24(32)27(3,4)22(28)11-14-30(23,29)7/h9,21-24,32H,10-19H2,1-8H3/t21-,22-,23-,24-,28-,29+,30+,31+/m0/s1. The molecule has 3 heteroatoms. The molecule has 0 bridgehead atoms. The molecule has 34 heavy (non-hydrogen) atoms. The number of hydrogen-bond acceptors (Lipinski definition) is 3. The number of aliphatic hydroxyl groups is 1. The molecule has 5 aliphatic carbocycles. The van der Waals surface area contributed by atoms with Crippen molar-refractivity contribution in [2.45, 2.75) is 119 Å². The van der Waals surface area contributed by atoms with Crippen LogP contribution in [0.2, 0.25) is 0 Å². The average molecular weight is 471 g/mol. The van der Waals surface area contributed by atoms with Crippen LogP contribution >= 0.6 is 0 Å². The molecule has 0 aromatic rings. The first-order chi connectivity index (χ1) is 15.7. The Morgan fingerprint density at radius 2 is 1.59 bits per heavy atom. The van der Waals surface area contributed by atoms with Gasteiger partial charge in [-0.05, 0) is 109 Å².